The lowest BCUT2D eigenvalue weighted by molar-refractivity contribution is -0.161. The number of nitrogens with zero attached hydrogens (tertiary/aromatic N) is 3. The summed E-state index contributed by atoms with van der Waals surface area (Å²) in [5.74, 6) is 0.396. The molecule has 2 fully saturated rings. The Hall–Kier alpha value is -1.43. The minimum atomic E-state index is -0.313. The van der Waals surface area contributed by atoms with Gasteiger partial charge in [-0.05, 0) is 18.8 Å². The number of aromatic nitrogens is 1. The van der Waals surface area contributed by atoms with E-state index in [2.05, 4.69) is 4.98 Å². The summed E-state index contributed by atoms with van der Waals surface area (Å²) in [5.41, 5.74) is 0. The van der Waals surface area contributed by atoms with E-state index in [0.717, 1.165) is 30.8 Å². The van der Waals surface area contributed by atoms with Crippen molar-refractivity contribution in [3.63, 3.8) is 0 Å². The lowest BCUT2D eigenvalue weighted by Gasteiger charge is -2.44. The fraction of sp³-hybridized carbons (Fsp3) is 0.667. The number of fused-ring (bicyclic) bond motifs is 1. The summed E-state index contributed by atoms with van der Waals surface area (Å²) in [4.78, 5) is 33.3. The molecule has 3 rings (SSSR count). The highest BCUT2D eigenvalue weighted by molar-refractivity contribution is 7.09. The zero-order chi connectivity index (χ0) is 15.0. The molecule has 2 aliphatic heterocycles. The maximum atomic E-state index is 12.7. The molecule has 5 nitrogen and oxygen atoms in total. The molecule has 0 N–H and O–H groups in total. The number of piperazine rings is 1. The van der Waals surface area contributed by atoms with Crippen LogP contribution in [0.2, 0.25) is 0 Å². The zero-order valence-electron chi connectivity index (χ0n) is 12.5. The van der Waals surface area contributed by atoms with Crippen molar-refractivity contribution in [1.82, 2.24) is 14.8 Å². The van der Waals surface area contributed by atoms with Gasteiger partial charge in [0.2, 0.25) is 11.8 Å². The molecule has 1 aromatic rings. The second-order valence-electron chi connectivity index (χ2n) is 6.09. The third-order valence-electron chi connectivity index (χ3n) is 4.37. The van der Waals surface area contributed by atoms with Crippen LogP contribution in [0.15, 0.2) is 11.6 Å². The van der Waals surface area contributed by atoms with Gasteiger partial charge in [0.15, 0.2) is 0 Å². The quantitative estimate of drug-likeness (QED) is 0.848. The van der Waals surface area contributed by atoms with Gasteiger partial charge in [-0.1, -0.05) is 13.8 Å². The highest BCUT2D eigenvalue weighted by atomic mass is 32.1. The molecule has 0 bridgehead atoms. The van der Waals surface area contributed by atoms with E-state index in [-0.39, 0.29) is 29.8 Å². The van der Waals surface area contributed by atoms with Gasteiger partial charge in [-0.2, -0.15) is 0 Å². The molecule has 0 aliphatic carbocycles. The van der Waals surface area contributed by atoms with Gasteiger partial charge < -0.3 is 9.80 Å². The SMILES string of the molecule is CC(C)C1C(=O)N2CCCC2C(=O)N1CCc1nccs1. The molecule has 3 heterocycles. The normalized spacial score (nSPS) is 25.9. The molecule has 0 saturated carbocycles. The van der Waals surface area contributed by atoms with Gasteiger partial charge in [0.1, 0.15) is 12.1 Å². The van der Waals surface area contributed by atoms with E-state index in [1.807, 2.05) is 19.2 Å². The Morgan fingerprint density at radius 2 is 2.19 bits per heavy atom. The Morgan fingerprint density at radius 1 is 1.38 bits per heavy atom. The molecule has 0 aromatic carbocycles. The summed E-state index contributed by atoms with van der Waals surface area (Å²) < 4.78 is 0. The van der Waals surface area contributed by atoms with Crippen LogP contribution in [0.4, 0.5) is 0 Å². The minimum absolute atomic E-state index is 0.127. The van der Waals surface area contributed by atoms with E-state index in [0.29, 0.717) is 6.54 Å². The van der Waals surface area contributed by atoms with Gasteiger partial charge in [0, 0.05) is 31.1 Å². The topological polar surface area (TPSA) is 53.5 Å². The Kier molecular flexibility index (Phi) is 3.97. The first kappa shape index (κ1) is 14.5. The minimum Gasteiger partial charge on any atom is -0.329 e. The molecule has 6 heteroatoms. The van der Waals surface area contributed by atoms with Crippen LogP contribution in [-0.2, 0) is 16.0 Å². The van der Waals surface area contributed by atoms with Crippen molar-refractivity contribution in [3.8, 4) is 0 Å². The first-order valence-corrected chi connectivity index (χ1v) is 8.47. The van der Waals surface area contributed by atoms with Crippen LogP contribution < -0.4 is 0 Å². The summed E-state index contributed by atoms with van der Waals surface area (Å²) in [6.07, 6.45) is 4.25. The van der Waals surface area contributed by atoms with Crippen LogP contribution in [0.5, 0.6) is 0 Å². The van der Waals surface area contributed by atoms with Crippen LogP contribution in [0.3, 0.4) is 0 Å². The highest BCUT2D eigenvalue weighted by Crippen LogP contribution is 2.30. The predicted octanol–water partition coefficient (Wildman–Crippen LogP) is 1.54. The highest BCUT2D eigenvalue weighted by Gasteiger charge is 2.48. The average molecular weight is 307 g/mol. The standard InChI is InChI=1S/C15H21N3O2S/c1-10(2)13-15(20)17-7-3-4-11(17)14(19)18(13)8-5-12-16-6-9-21-12/h6,9-11,13H,3-5,7-8H2,1-2H3. The molecule has 2 amide bonds. The third kappa shape index (κ3) is 2.57. The second kappa shape index (κ2) is 5.75. The Bertz CT molecular complexity index is 529. The van der Waals surface area contributed by atoms with E-state index in [9.17, 15) is 9.59 Å². The predicted molar refractivity (Wildman–Crippen MR) is 80.9 cm³/mol. The van der Waals surface area contributed by atoms with Crippen molar-refractivity contribution < 1.29 is 9.59 Å². The van der Waals surface area contributed by atoms with E-state index in [4.69, 9.17) is 0 Å². The first-order valence-electron chi connectivity index (χ1n) is 7.59. The smallest absolute Gasteiger partial charge is 0.246 e. The van der Waals surface area contributed by atoms with Crippen molar-refractivity contribution in [2.75, 3.05) is 13.1 Å². The Balaban J connectivity index is 1.80. The van der Waals surface area contributed by atoms with Gasteiger partial charge in [0.25, 0.3) is 0 Å². The molecule has 2 unspecified atom stereocenters. The monoisotopic (exact) mass is 307 g/mol. The number of amides is 2. The fourth-order valence-corrected chi connectivity index (χ4v) is 4.02. The summed E-state index contributed by atoms with van der Waals surface area (Å²) >= 11 is 1.60. The zero-order valence-corrected chi connectivity index (χ0v) is 13.3. The number of rotatable bonds is 4. The van der Waals surface area contributed by atoms with E-state index in [1.54, 1.807) is 27.3 Å². The number of carbonyl (C=O) groups excluding carboxylic acids is 2. The molecule has 0 radical (unpaired) electrons. The second-order valence-corrected chi connectivity index (χ2v) is 7.07. The lowest BCUT2D eigenvalue weighted by Crippen LogP contribution is -2.64. The van der Waals surface area contributed by atoms with Crippen molar-refractivity contribution in [3.05, 3.63) is 16.6 Å². The van der Waals surface area contributed by atoms with Crippen LogP contribution >= 0.6 is 11.3 Å². The number of hydrogen-bond donors (Lipinski definition) is 0. The summed E-state index contributed by atoms with van der Waals surface area (Å²) in [7, 11) is 0. The molecule has 21 heavy (non-hydrogen) atoms. The molecular weight excluding hydrogens is 286 g/mol. The molecule has 2 atom stereocenters. The van der Waals surface area contributed by atoms with Crippen LogP contribution in [-0.4, -0.2) is 51.8 Å². The molecule has 2 aliphatic rings. The Morgan fingerprint density at radius 3 is 2.86 bits per heavy atom. The van der Waals surface area contributed by atoms with E-state index < -0.39 is 0 Å². The van der Waals surface area contributed by atoms with Gasteiger partial charge >= 0.3 is 0 Å². The average Bonchev–Trinajstić information content (AvgIpc) is 3.10. The first-order chi connectivity index (χ1) is 10.1. The van der Waals surface area contributed by atoms with Crippen molar-refractivity contribution in [1.29, 1.82) is 0 Å². The van der Waals surface area contributed by atoms with Gasteiger partial charge in [-0.25, -0.2) is 4.98 Å². The Labute approximate surface area is 129 Å². The maximum absolute atomic E-state index is 12.7. The van der Waals surface area contributed by atoms with Crippen molar-refractivity contribution in [2.24, 2.45) is 5.92 Å². The summed E-state index contributed by atoms with van der Waals surface area (Å²) in [5, 5.41) is 2.96. The van der Waals surface area contributed by atoms with Crippen molar-refractivity contribution in [2.45, 2.75) is 45.2 Å². The fourth-order valence-electron chi connectivity index (χ4n) is 3.41. The lowest BCUT2D eigenvalue weighted by atomic mass is 9.95. The third-order valence-corrected chi connectivity index (χ3v) is 5.21. The maximum Gasteiger partial charge on any atom is 0.246 e. The van der Waals surface area contributed by atoms with Gasteiger partial charge in [-0.3, -0.25) is 9.59 Å². The van der Waals surface area contributed by atoms with Crippen LogP contribution in [0.1, 0.15) is 31.7 Å². The van der Waals surface area contributed by atoms with Crippen molar-refractivity contribution >= 4 is 23.2 Å². The number of hydrogen-bond acceptors (Lipinski definition) is 4. The van der Waals surface area contributed by atoms with E-state index in [1.165, 1.54) is 0 Å². The van der Waals surface area contributed by atoms with Crippen LogP contribution in [0, 0.1) is 5.92 Å². The molecule has 1 aromatic heterocycles. The van der Waals surface area contributed by atoms with Gasteiger partial charge in [-0.15, -0.1) is 11.3 Å². The molecule has 2 saturated heterocycles. The van der Waals surface area contributed by atoms with E-state index >= 15 is 0 Å². The molecule has 114 valence electrons. The summed E-state index contributed by atoms with van der Waals surface area (Å²) in [6, 6.07) is -0.532. The van der Waals surface area contributed by atoms with Gasteiger partial charge in [0.05, 0.1) is 5.01 Å². The largest absolute Gasteiger partial charge is 0.329 e. The molecule has 0 spiro atoms. The number of carbonyl (C=O) groups is 2. The van der Waals surface area contributed by atoms with Crippen LogP contribution in [0.25, 0.3) is 0 Å². The number of thiazole rings is 1. The summed E-state index contributed by atoms with van der Waals surface area (Å²) in [6.45, 7) is 5.36. The molecular formula is C15H21N3O2S.